The number of pyridine rings is 2. The van der Waals surface area contributed by atoms with Crippen molar-refractivity contribution in [3.05, 3.63) is 54.5 Å². The van der Waals surface area contributed by atoms with Crippen LogP contribution >= 0.6 is 0 Å². The van der Waals surface area contributed by atoms with Crippen LogP contribution in [0, 0.1) is 12.3 Å². The zero-order chi connectivity index (χ0) is 18.5. The Morgan fingerprint density at radius 1 is 1.42 bits per heavy atom. The predicted octanol–water partition coefficient (Wildman–Crippen LogP) is 3.76. The first-order chi connectivity index (χ1) is 12.7. The zero-order valence-corrected chi connectivity index (χ0v) is 14.2. The van der Waals surface area contributed by atoms with Crippen molar-refractivity contribution in [2.45, 2.75) is 0 Å². The van der Waals surface area contributed by atoms with Crippen LogP contribution in [-0.4, -0.2) is 28.7 Å². The summed E-state index contributed by atoms with van der Waals surface area (Å²) in [6.07, 6.45) is 13.4. The highest BCUT2D eigenvalue weighted by Crippen LogP contribution is 2.40. The van der Waals surface area contributed by atoms with Gasteiger partial charge in [-0.2, -0.15) is 0 Å². The average Bonchev–Trinajstić information content (AvgIpc) is 3.04. The zero-order valence-electron chi connectivity index (χ0n) is 14.2. The average molecular weight is 348 g/mol. The van der Waals surface area contributed by atoms with E-state index in [4.69, 9.17) is 16.9 Å². The number of nitrogens with two attached hydrogens (primary N) is 1. The summed E-state index contributed by atoms with van der Waals surface area (Å²) in [5, 5.41) is 0.763. The maximum atomic E-state index is 12.7. The second-order valence-corrected chi connectivity index (χ2v) is 5.41. The first-order valence-electron chi connectivity index (χ1n) is 7.85. The molecule has 5 nitrogen and oxygen atoms in total. The fourth-order valence-corrected chi connectivity index (χ4v) is 2.83. The van der Waals surface area contributed by atoms with Gasteiger partial charge in [0, 0.05) is 29.6 Å². The summed E-state index contributed by atoms with van der Waals surface area (Å²) in [4.78, 5) is 11.7. The number of nitrogen functional groups attached to an aromatic ring is 1. The van der Waals surface area contributed by atoms with Gasteiger partial charge < -0.3 is 15.5 Å². The molecule has 0 bridgehead atoms. The smallest absolute Gasteiger partial charge is 0.144 e. The first-order valence-corrected chi connectivity index (χ1v) is 7.85. The molecule has 3 N–H and O–H groups in total. The Balaban J connectivity index is 2.41. The lowest BCUT2D eigenvalue weighted by Crippen LogP contribution is -1.93. The van der Waals surface area contributed by atoms with Crippen LogP contribution in [0.5, 0.6) is 5.75 Å². The van der Waals surface area contributed by atoms with Crippen LogP contribution in [-0.2, 0) is 0 Å². The number of ether oxygens (including phenoxy) is 1. The number of alkyl halides is 1. The predicted molar refractivity (Wildman–Crippen MR) is 102 cm³/mol. The number of anilines is 1. The van der Waals surface area contributed by atoms with Crippen LogP contribution in [0.25, 0.3) is 27.7 Å². The van der Waals surface area contributed by atoms with Crippen LogP contribution in [0.4, 0.5) is 10.2 Å². The van der Waals surface area contributed by atoms with Crippen molar-refractivity contribution >= 4 is 22.4 Å². The van der Waals surface area contributed by atoms with Crippen LogP contribution in [0.1, 0.15) is 5.69 Å². The number of hydrogen-bond acceptors (Lipinski definition) is 4. The second-order valence-electron chi connectivity index (χ2n) is 5.41. The summed E-state index contributed by atoms with van der Waals surface area (Å²) < 4.78 is 18.2. The molecule has 0 atom stereocenters. The number of methoxy groups -OCH3 is 1. The summed E-state index contributed by atoms with van der Waals surface area (Å²) in [6, 6.07) is 5.40. The molecule has 0 aliphatic rings. The maximum absolute atomic E-state index is 12.7. The Hall–Kier alpha value is -3.59. The van der Waals surface area contributed by atoms with Crippen molar-refractivity contribution in [3.63, 3.8) is 0 Å². The number of rotatable bonds is 5. The molecular weight excluding hydrogens is 331 g/mol. The largest absolute Gasteiger partial charge is 0.496 e. The van der Waals surface area contributed by atoms with E-state index in [0.717, 1.165) is 16.5 Å². The quantitative estimate of drug-likeness (QED) is 0.544. The van der Waals surface area contributed by atoms with Gasteiger partial charge in [-0.1, -0.05) is 18.1 Å². The van der Waals surface area contributed by atoms with Gasteiger partial charge in [-0.25, -0.2) is 9.37 Å². The normalized spacial score (nSPS) is 11.8. The molecule has 3 rings (SSSR count). The summed E-state index contributed by atoms with van der Waals surface area (Å²) in [6.45, 7) is -0.596. The van der Waals surface area contributed by atoms with Gasteiger partial charge >= 0.3 is 0 Å². The molecule has 0 amide bonds. The van der Waals surface area contributed by atoms with Crippen molar-refractivity contribution in [3.8, 4) is 29.2 Å². The van der Waals surface area contributed by atoms with Crippen LogP contribution in [0.3, 0.4) is 0 Å². The standard InChI is InChI=1S/C20H17FN4O/c1-3-5-14(6-4-9-21)19-17(13-7-10-23-11-8-13)18-15(26-2)12-16(22)24-20(18)25-19/h1,4-8,10-12H,9H2,2H3,(H3,22,24,25)/b6-4-,14-5+. The van der Waals surface area contributed by atoms with Gasteiger partial charge in [0.25, 0.3) is 0 Å². The molecule has 0 fully saturated rings. The number of aromatic nitrogens is 3. The highest BCUT2D eigenvalue weighted by Gasteiger charge is 2.20. The Morgan fingerprint density at radius 2 is 2.19 bits per heavy atom. The fraction of sp³-hybridized carbons (Fsp3) is 0.100. The van der Waals surface area contributed by atoms with E-state index in [1.165, 1.54) is 6.08 Å². The van der Waals surface area contributed by atoms with Crippen LogP contribution < -0.4 is 10.5 Å². The molecule has 6 heteroatoms. The Bertz CT molecular complexity index is 1030. The van der Waals surface area contributed by atoms with E-state index in [-0.39, 0.29) is 0 Å². The number of H-pyrrole nitrogens is 1. The summed E-state index contributed by atoms with van der Waals surface area (Å²) >= 11 is 0. The monoisotopic (exact) mass is 348 g/mol. The number of hydrogen-bond donors (Lipinski definition) is 2. The molecule has 0 spiro atoms. The SMILES string of the molecule is C#C/C=C(\C=C/CF)c1[nH]c2nc(N)cc(OC)c2c1-c1ccncc1. The van der Waals surface area contributed by atoms with Crippen molar-refractivity contribution in [2.75, 3.05) is 19.5 Å². The Labute approximate surface area is 150 Å². The van der Waals surface area contributed by atoms with Gasteiger partial charge in [0.15, 0.2) is 0 Å². The van der Waals surface area contributed by atoms with E-state index in [1.54, 1.807) is 37.7 Å². The topological polar surface area (TPSA) is 76.8 Å². The van der Waals surface area contributed by atoms with Crippen molar-refractivity contribution in [1.29, 1.82) is 0 Å². The first kappa shape index (κ1) is 17.2. The highest BCUT2D eigenvalue weighted by molar-refractivity contribution is 6.05. The number of halogens is 1. The van der Waals surface area contributed by atoms with Crippen LogP contribution in [0.2, 0.25) is 0 Å². The van der Waals surface area contributed by atoms with Gasteiger partial charge in [-0.05, 0) is 23.8 Å². The van der Waals surface area contributed by atoms with E-state index in [0.29, 0.717) is 28.5 Å². The van der Waals surface area contributed by atoms with Crippen LogP contribution in [0.15, 0.2) is 48.8 Å². The van der Waals surface area contributed by atoms with Crippen molar-refractivity contribution < 1.29 is 9.13 Å². The summed E-state index contributed by atoms with van der Waals surface area (Å²) in [7, 11) is 1.57. The molecule has 3 aromatic heterocycles. The molecule has 3 heterocycles. The molecule has 0 saturated carbocycles. The number of fused-ring (bicyclic) bond motifs is 1. The third kappa shape index (κ3) is 3.15. The van der Waals surface area contributed by atoms with E-state index in [1.807, 2.05) is 12.1 Å². The number of aromatic amines is 1. The fourth-order valence-electron chi connectivity index (χ4n) is 2.83. The van der Waals surface area contributed by atoms with Gasteiger partial charge in [0.1, 0.15) is 23.9 Å². The number of nitrogens with one attached hydrogen (secondary N) is 1. The number of allylic oxidation sites excluding steroid dienone is 4. The van der Waals surface area contributed by atoms with E-state index in [9.17, 15) is 4.39 Å². The van der Waals surface area contributed by atoms with E-state index >= 15 is 0 Å². The molecule has 3 aromatic rings. The molecule has 0 aliphatic heterocycles. The molecule has 26 heavy (non-hydrogen) atoms. The molecule has 0 aliphatic carbocycles. The molecule has 130 valence electrons. The van der Waals surface area contributed by atoms with Gasteiger partial charge in [0.2, 0.25) is 0 Å². The van der Waals surface area contributed by atoms with Crippen molar-refractivity contribution in [2.24, 2.45) is 0 Å². The lowest BCUT2D eigenvalue weighted by molar-refractivity contribution is 0.420. The summed E-state index contributed by atoms with van der Waals surface area (Å²) in [5.74, 6) is 3.40. The molecule has 0 saturated heterocycles. The lowest BCUT2D eigenvalue weighted by Gasteiger charge is -2.08. The third-order valence-electron chi connectivity index (χ3n) is 3.85. The minimum atomic E-state index is -0.596. The van der Waals surface area contributed by atoms with Gasteiger partial charge in [-0.3, -0.25) is 4.98 Å². The third-order valence-corrected chi connectivity index (χ3v) is 3.85. The minimum Gasteiger partial charge on any atom is -0.496 e. The second kappa shape index (κ2) is 7.53. The molecule has 0 radical (unpaired) electrons. The molecule has 0 aromatic carbocycles. The number of terminal acetylenes is 1. The van der Waals surface area contributed by atoms with Crippen molar-refractivity contribution in [1.82, 2.24) is 15.0 Å². The lowest BCUT2D eigenvalue weighted by atomic mass is 9.99. The molecular formula is C20H17FN4O. The molecule has 0 unspecified atom stereocenters. The Kier molecular flexibility index (Phi) is 4.99. The number of nitrogens with zero attached hydrogens (tertiary/aromatic N) is 2. The minimum absolute atomic E-state index is 0.324. The van der Waals surface area contributed by atoms with E-state index in [2.05, 4.69) is 20.9 Å². The highest BCUT2D eigenvalue weighted by atomic mass is 19.1. The van der Waals surface area contributed by atoms with Gasteiger partial charge in [-0.15, -0.1) is 6.42 Å². The van der Waals surface area contributed by atoms with Gasteiger partial charge in [0.05, 0.1) is 18.2 Å². The maximum Gasteiger partial charge on any atom is 0.144 e. The van der Waals surface area contributed by atoms with E-state index < -0.39 is 6.67 Å². The summed E-state index contributed by atoms with van der Waals surface area (Å²) in [5.41, 5.74) is 9.51. The Morgan fingerprint density at radius 3 is 2.85 bits per heavy atom.